The number of hydrogen-bond donors (Lipinski definition) is 1. The van der Waals surface area contributed by atoms with Gasteiger partial charge >= 0.3 is 6.18 Å². The van der Waals surface area contributed by atoms with E-state index in [9.17, 15) is 36.5 Å². The highest BCUT2D eigenvalue weighted by Gasteiger charge is 2.34. The van der Waals surface area contributed by atoms with Gasteiger partial charge in [-0.1, -0.05) is 35.3 Å². The van der Waals surface area contributed by atoms with Crippen LogP contribution in [-0.2, 0) is 16.2 Å². The summed E-state index contributed by atoms with van der Waals surface area (Å²) in [6, 6.07) is 7.59. The van der Waals surface area contributed by atoms with E-state index in [1.54, 1.807) is 0 Å². The number of nitro benzene ring substituents is 1. The van der Waals surface area contributed by atoms with Gasteiger partial charge in [0.2, 0.25) is 5.78 Å². The van der Waals surface area contributed by atoms with Crippen LogP contribution in [0.25, 0.3) is 0 Å². The number of aromatic nitrogens is 1. The number of nitrogens with zero attached hydrogens (tertiary/aromatic N) is 2. The van der Waals surface area contributed by atoms with E-state index in [1.807, 2.05) is 4.72 Å². The molecule has 33 heavy (non-hydrogen) atoms. The quantitative estimate of drug-likeness (QED) is 0.266. The Labute approximate surface area is 194 Å². The summed E-state index contributed by atoms with van der Waals surface area (Å²) >= 11 is 11.4. The molecule has 2 aromatic carbocycles. The Morgan fingerprint density at radius 2 is 1.79 bits per heavy atom. The van der Waals surface area contributed by atoms with Crippen LogP contribution in [0, 0.1) is 10.1 Å². The second-order valence-electron chi connectivity index (χ2n) is 6.43. The standard InChI is InChI=1S/C19H10Cl2F3N3O5S/c20-11-7-16(17(25-9-11)18(28)10-2-1-3-12(6-10)27(29)30)26-33(31,32)13-4-5-15(21)14(8-13)19(22,23)24/h1-9,26H. The van der Waals surface area contributed by atoms with Crippen molar-refractivity contribution in [1.82, 2.24) is 4.98 Å². The van der Waals surface area contributed by atoms with Crippen molar-refractivity contribution in [1.29, 1.82) is 0 Å². The number of benzene rings is 2. The van der Waals surface area contributed by atoms with Crippen LogP contribution < -0.4 is 4.72 Å². The van der Waals surface area contributed by atoms with Gasteiger partial charge in [-0.2, -0.15) is 13.2 Å². The number of non-ortho nitro benzene ring substituents is 1. The van der Waals surface area contributed by atoms with Crippen LogP contribution in [0.2, 0.25) is 10.0 Å². The Morgan fingerprint density at radius 3 is 2.42 bits per heavy atom. The van der Waals surface area contributed by atoms with E-state index in [-0.39, 0.29) is 10.6 Å². The van der Waals surface area contributed by atoms with Gasteiger partial charge in [0.25, 0.3) is 15.7 Å². The molecule has 3 aromatic rings. The summed E-state index contributed by atoms with van der Waals surface area (Å²) in [6.07, 6.45) is -3.88. The maximum Gasteiger partial charge on any atom is 0.417 e. The van der Waals surface area contributed by atoms with Crippen LogP contribution in [0.4, 0.5) is 24.5 Å². The van der Waals surface area contributed by atoms with E-state index in [4.69, 9.17) is 23.2 Å². The summed E-state index contributed by atoms with van der Waals surface area (Å²) in [5, 5.41) is 10.2. The van der Waals surface area contributed by atoms with E-state index in [2.05, 4.69) is 4.98 Å². The summed E-state index contributed by atoms with van der Waals surface area (Å²) in [5.74, 6) is -0.889. The van der Waals surface area contributed by atoms with E-state index in [1.165, 1.54) is 12.1 Å². The lowest BCUT2D eigenvalue weighted by molar-refractivity contribution is -0.384. The first-order valence-corrected chi connectivity index (χ1v) is 10.9. The summed E-state index contributed by atoms with van der Waals surface area (Å²) in [7, 11) is -4.66. The molecule has 0 fully saturated rings. The van der Waals surface area contributed by atoms with Crippen LogP contribution in [0.3, 0.4) is 0 Å². The molecule has 0 spiro atoms. The topological polar surface area (TPSA) is 119 Å². The predicted molar refractivity (Wildman–Crippen MR) is 113 cm³/mol. The number of pyridine rings is 1. The zero-order chi connectivity index (χ0) is 24.6. The molecular formula is C19H10Cl2F3N3O5S. The lowest BCUT2D eigenvalue weighted by Crippen LogP contribution is -2.18. The number of nitrogens with one attached hydrogen (secondary N) is 1. The van der Waals surface area contributed by atoms with Crippen LogP contribution in [0.15, 0.2) is 59.6 Å². The van der Waals surface area contributed by atoms with E-state index < -0.39 is 59.5 Å². The number of hydrogen-bond acceptors (Lipinski definition) is 6. The van der Waals surface area contributed by atoms with Gasteiger partial charge in [-0.15, -0.1) is 0 Å². The minimum atomic E-state index is -4.91. The summed E-state index contributed by atoms with van der Waals surface area (Å²) in [5.41, 5.74) is -2.86. The van der Waals surface area contributed by atoms with Crippen molar-refractivity contribution in [2.75, 3.05) is 4.72 Å². The highest BCUT2D eigenvalue weighted by atomic mass is 35.5. The zero-order valence-electron chi connectivity index (χ0n) is 15.9. The largest absolute Gasteiger partial charge is 0.417 e. The minimum absolute atomic E-state index is 0.0876. The molecule has 3 rings (SSSR count). The van der Waals surface area contributed by atoms with Gasteiger partial charge in [0.05, 0.1) is 31.1 Å². The molecule has 0 saturated heterocycles. The first kappa shape index (κ1) is 24.4. The summed E-state index contributed by atoms with van der Waals surface area (Å²) in [6.45, 7) is 0. The van der Waals surface area contributed by atoms with Gasteiger partial charge in [0.1, 0.15) is 5.69 Å². The van der Waals surface area contributed by atoms with Gasteiger partial charge < -0.3 is 0 Å². The van der Waals surface area contributed by atoms with Crippen molar-refractivity contribution in [3.05, 3.63) is 91.7 Å². The number of sulfonamides is 1. The normalized spacial score (nSPS) is 11.8. The number of alkyl halides is 3. The number of halogens is 5. The highest BCUT2D eigenvalue weighted by molar-refractivity contribution is 7.92. The third-order valence-electron chi connectivity index (χ3n) is 4.19. The predicted octanol–water partition coefficient (Wildman–Crippen LogP) is 5.35. The molecule has 0 amide bonds. The molecule has 0 saturated carbocycles. The third-order valence-corrected chi connectivity index (χ3v) is 6.09. The molecule has 0 atom stereocenters. The first-order valence-electron chi connectivity index (χ1n) is 8.64. The molecule has 0 bridgehead atoms. The van der Waals surface area contributed by atoms with Gasteiger partial charge in [0.15, 0.2) is 0 Å². The van der Waals surface area contributed by atoms with Crippen molar-refractivity contribution < 1.29 is 31.3 Å². The van der Waals surface area contributed by atoms with Gasteiger partial charge in [0, 0.05) is 23.9 Å². The molecule has 1 heterocycles. The Bertz CT molecular complexity index is 1380. The number of ketones is 1. The fourth-order valence-electron chi connectivity index (χ4n) is 2.69. The first-order chi connectivity index (χ1) is 15.3. The van der Waals surface area contributed by atoms with Crippen molar-refractivity contribution >= 4 is 50.4 Å². The minimum Gasteiger partial charge on any atom is -0.287 e. The molecule has 8 nitrogen and oxygen atoms in total. The summed E-state index contributed by atoms with van der Waals surface area (Å²) in [4.78, 5) is 26.1. The molecular weight excluding hydrogens is 510 g/mol. The van der Waals surface area contributed by atoms with Crippen LogP contribution >= 0.6 is 23.2 Å². The number of nitro groups is 1. The van der Waals surface area contributed by atoms with Crippen molar-refractivity contribution in [3.63, 3.8) is 0 Å². The van der Waals surface area contributed by atoms with Crippen molar-refractivity contribution in [2.24, 2.45) is 0 Å². The average molecular weight is 520 g/mol. The molecule has 172 valence electrons. The Kier molecular flexibility index (Phi) is 6.63. The number of anilines is 1. The lowest BCUT2D eigenvalue weighted by atomic mass is 10.1. The molecule has 0 unspecified atom stereocenters. The second kappa shape index (κ2) is 8.96. The fraction of sp³-hybridized carbons (Fsp3) is 0.0526. The zero-order valence-corrected chi connectivity index (χ0v) is 18.3. The third kappa shape index (κ3) is 5.41. The van der Waals surface area contributed by atoms with Gasteiger partial charge in [-0.25, -0.2) is 13.4 Å². The number of carbonyl (C=O) groups is 1. The Balaban J connectivity index is 2.05. The smallest absolute Gasteiger partial charge is 0.287 e. The number of carbonyl (C=O) groups excluding carboxylic acids is 1. The van der Waals surface area contributed by atoms with Crippen LogP contribution in [-0.4, -0.2) is 24.1 Å². The maximum absolute atomic E-state index is 13.1. The highest BCUT2D eigenvalue weighted by Crippen LogP contribution is 2.36. The molecule has 0 aliphatic rings. The number of rotatable bonds is 6. The van der Waals surface area contributed by atoms with Crippen LogP contribution in [0.5, 0.6) is 0 Å². The Morgan fingerprint density at radius 1 is 1.09 bits per heavy atom. The SMILES string of the molecule is O=C(c1cccc([N+](=O)[O-])c1)c1ncc(Cl)cc1NS(=O)(=O)c1ccc(Cl)c(C(F)(F)F)c1. The van der Waals surface area contributed by atoms with Gasteiger partial charge in [-0.05, 0) is 24.3 Å². The van der Waals surface area contributed by atoms with Crippen molar-refractivity contribution in [2.45, 2.75) is 11.1 Å². The fourth-order valence-corrected chi connectivity index (χ4v) is 4.15. The maximum atomic E-state index is 13.1. The molecule has 1 aromatic heterocycles. The van der Waals surface area contributed by atoms with Crippen LogP contribution in [0.1, 0.15) is 21.6 Å². The molecule has 14 heteroatoms. The molecule has 0 aliphatic carbocycles. The van der Waals surface area contributed by atoms with E-state index in [0.29, 0.717) is 6.07 Å². The van der Waals surface area contributed by atoms with E-state index in [0.717, 1.165) is 36.5 Å². The van der Waals surface area contributed by atoms with Crippen molar-refractivity contribution in [3.8, 4) is 0 Å². The van der Waals surface area contributed by atoms with E-state index >= 15 is 0 Å². The Hall–Kier alpha value is -3.22. The van der Waals surface area contributed by atoms with Gasteiger partial charge in [-0.3, -0.25) is 19.6 Å². The molecule has 1 N–H and O–H groups in total. The molecule has 0 aliphatic heterocycles. The monoisotopic (exact) mass is 519 g/mol. The average Bonchev–Trinajstić information content (AvgIpc) is 2.72. The lowest BCUT2D eigenvalue weighted by Gasteiger charge is -2.14. The molecule has 0 radical (unpaired) electrons. The summed E-state index contributed by atoms with van der Waals surface area (Å²) < 4.78 is 66.9. The second-order valence-corrected chi connectivity index (χ2v) is 8.96.